The molecular formula is C28H34ClN3O. The summed E-state index contributed by atoms with van der Waals surface area (Å²) in [5.41, 5.74) is 13.2. The van der Waals surface area contributed by atoms with Crippen LogP contribution in [0.1, 0.15) is 68.1 Å². The molecular weight excluding hydrogens is 430 g/mol. The van der Waals surface area contributed by atoms with Gasteiger partial charge in [-0.3, -0.25) is 4.68 Å². The molecule has 4 atom stereocenters. The minimum atomic E-state index is -0.552. The number of fused-ring (bicyclic) bond motifs is 2. The second kappa shape index (κ2) is 8.26. The van der Waals surface area contributed by atoms with E-state index in [1.807, 2.05) is 23.7 Å². The zero-order chi connectivity index (χ0) is 23.4. The monoisotopic (exact) mass is 463 g/mol. The maximum atomic E-state index is 6.64. The molecule has 0 aliphatic heterocycles. The molecule has 2 fully saturated rings. The lowest BCUT2D eigenvalue weighted by molar-refractivity contribution is -0.119. The van der Waals surface area contributed by atoms with Crippen molar-refractivity contribution in [2.45, 2.75) is 71.8 Å². The van der Waals surface area contributed by atoms with Crippen LogP contribution in [0.15, 0.2) is 48.5 Å². The van der Waals surface area contributed by atoms with E-state index in [2.05, 4.69) is 57.2 Å². The van der Waals surface area contributed by atoms with E-state index < -0.39 is 6.23 Å². The number of halogens is 1. The first-order valence-corrected chi connectivity index (χ1v) is 12.4. The Morgan fingerprint density at radius 2 is 1.91 bits per heavy atom. The van der Waals surface area contributed by atoms with Crippen molar-refractivity contribution in [3.63, 3.8) is 0 Å². The lowest BCUT2D eigenvalue weighted by atomic mass is 9.79. The fraction of sp³-hybridized carbons (Fsp3) is 0.464. The van der Waals surface area contributed by atoms with E-state index >= 15 is 0 Å². The van der Waals surface area contributed by atoms with Crippen molar-refractivity contribution >= 4 is 11.6 Å². The van der Waals surface area contributed by atoms with Crippen molar-refractivity contribution in [3.05, 3.63) is 75.9 Å². The topological polar surface area (TPSA) is 53.1 Å². The number of nitrogens with two attached hydrogens (primary N) is 1. The molecule has 1 aromatic heterocycles. The minimum Gasteiger partial charge on any atom is -0.351 e. The van der Waals surface area contributed by atoms with Gasteiger partial charge in [-0.05, 0) is 87.1 Å². The number of rotatable bonds is 6. The van der Waals surface area contributed by atoms with Gasteiger partial charge in [0.25, 0.3) is 0 Å². The largest absolute Gasteiger partial charge is 0.351 e. The molecule has 0 radical (unpaired) electrons. The molecule has 33 heavy (non-hydrogen) atoms. The highest BCUT2D eigenvalue weighted by Crippen LogP contribution is 2.60. The second-order valence-corrected chi connectivity index (χ2v) is 11.2. The highest BCUT2D eigenvalue weighted by Gasteiger charge is 2.55. The van der Waals surface area contributed by atoms with Gasteiger partial charge in [0.05, 0.1) is 17.8 Å². The van der Waals surface area contributed by atoms with Crippen molar-refractivity contribution < 1.29 is 4.74 Å². The summed E-state index contributed by atoms with van der Waals surface area (Å²) in [6, 6.07) is 16.8. The van der Waals surface area contributed by atoms with Crippen molar-refractivity contribution in [2.75, 3.05) is 0 Å². The summed E-state index contributed by atoms with van der Waals surface area (Å²) in [4.78, 5) is 0. The van der Waals surface area contributed by atoms with Gasteiger partial charge in [-0.25, -0.2) is 0 Å². The molecule has 0 saturated heterocycles. The molecule has 2 saturated carbocycles. The lowest BCUT2D eigenvalue weighted by Gasteiger charge is -2.38. The maximum Gasteiger partial charge on any atom is 0.151 e. The Labute approximate surface area is 202 Å². The summed E-state index contributed by atoms with van der Waals surface area (Å²) in [5, 5.41) is 5.71. The number of benzene rings is 2. The summed E-state index contributed by atoms with van der Waals surface area (Å²) in [6.45, 7) is 9.44. The van der Waals surface area contributed by atoms with E-state index in [1.54, 1.807) is 0 Å². The van der Waals surface area contributed by atoms with Gasteiger partial charge >= 0.3 is 0 Å². The van der Waals surface area contributed by atoms with Gasteiger partial charge in [0.1, 0.15) is 5.69 Å². The van der Waals surface area contributed by atoms with Crippen LogP contribution in [0.5, 0.6) is 0 Å². The molecule has 2 aromatic carbocycles. The van der Waals surface area contributed by atoms with E-state index in [-0.39, 0.29) is 5.60 Å². The molecule has 5 rings (SSSR count). The van der Waals surface area contributed by atoms with Gasteiger partial charge in [0, 0.05) is 10.6 Å². The SMILES string of the molecule is Cc1ccc(Cn2nc(C(N)OC3(C)C[C@@]4(C)CC[C@@H]3C4)cc2-c2ccc(Cl)c(C)c2)cc1. The molecule has 5 heteroatoms. The summed E-state index contributed by atoms with van der Waals surface area (Å²) < 4.78 is 8.62. The van der Waals surface area contributed by atoms with Gasteiger partial charge in [-0.15, -0.1) is 0 Å². The summed E-state index contributed by atoms with van der Waals surface area (Å²) in [5.74, 6) is 0.585. The molecule has 2 unspecified atom stereocenters. The fourth-order valence-electron chi connectivity index (χ4n) is 6.08. The Bertz CT molecular complexity index is 1170. The highest BCUT2D eigenvalue weighted by atomic mass is 35.5. The predicted molar refractivity (Wildman–Crippen MR) is 134 cm³/mol. The number of ether oxygens (including phenoxy) is 1. The molecule has 2 aliphatic rings. The van der Waals surface area contributed by atoms with Crippen LogP contribution in [-0.4, -0.2) is 15.4 Å². The molecule has 1 heterocycles. The van der Waals surface area contributed by atoms with E-state index in [9.17, 15) is 0 Å². The zero-order valence-corrected chi connectivity index (χ0v) is 20.8. The van der Waals surface area contributed by atoms with Crippen LogP contribution in [0, 0.1) is 25.2 Å². The van der Waals surface area contributed by atoms with Gasteiger partial charge in [0.15, 0.2) is 6.23 Å². The van der Waals surface area contributed by atoms with Crippen molar-refractivity contribution in [1.82, 2.24) is 9.78 Å². The average Bonchev–Trinajstić information content (AvgIpc) is 3.42. The number of nitrogens with zero attached hydrogens (tertiary/aromatic N) is 2. The molecule has 0 amide bonds. The third-order valence-electron chi connectivity index (χ3n) is 7.87. The fourth-order valence-corrected chi connectivity index (χ4v) is 6.20. The Morgan fingerprint density at radius 1 is 1.15 bits per heavy atom. The van der Waals surface area contributed by atoms with Crippen molar-refractivity contribution in [2.24, 2.45) is 17.1 Å². The lowest BCUT2D eigenvalue weighted by Crippen LogP contribution is -2.39. The Morgan fingerprint density at radius 3 is 2.55 bits per heavy atom. The van der Waals surface area contributed by atoms with Crippen LogP contribution in [0.3, 0.4) is 0 Å². The first-order chi connectivity index (χ1) is 15.6. The predicted octanol–water partition coefficient (Wildman–Crippen LogP) is 6.81. The molecule has 2 bridgehead atoms. The number of hydrogen-bond donors (Lipinski definition) is 1. The molecule has 2 aliphatic carbocycles. The third-order valence-corrected chi connectivity index (χ3v) is 8.29. The average molecular weight is 464 g/mol. The first-order valence-electron chi connectivity index (χ1n) is 12.0. The normalized spacial score (nSPS) is 27.3. The van der Waals surface area contributed by atoms with Gasteiger partial charge in [-0.1, -0.05) is 54.4 Å². The van der Waals surface area contributed by atoms with Crippen LogP contribution >= 0.6 is 11.6 Å². The Balaban J connectivity index is 1.46. The maximum absolute atomic E-state index is 6.64. The van der Waals surface area contributed by atoms with Gasteiger partial charge in [-0.2, -0.15) is 5.10 Å². The van der Waals surface area contributed by atoms with Crippen LogP contribution in [0.2, 0.25) is 5.02 Å². The first kappa shape index (κ1) is 22.6. The van der Waals surface area contributed by atoms with Crippen LogP contribution < -0.4 is 5.73 Å². The van der Waals surface area contributed by atoms with Gasteiger partial charge < -0.3 is 10.5 Å². The van der Waals surface area contributed by atoms with Gasteiger partial charge in [0.2, 0.25) is 0 Å². The van der Waals surface area contributed by atoms with E-state index in [0.717, 1.165) is 34.0 Å². The molecule has 3 aromatic rings. The summed E-state index contributed by atoms with van der Waals surface area (Å²) >= 11 is 6.30. The minimum absolute atomic E-state index is 0.176. The van der Waals surface area contributed by atoms with Crippen LogP contribution in [-0.2, 0) is 11.3 Å². The summed E-state index contributed by atoms with van der Waals surface area (Å²) in [7, 11) is 0. The number of aromatic nitrogens is 2. The molecule has 2 N–H and O–H groups in total. The quantitative estimate of drug-likeness (QED) is 0.408. The van der Waals surface area contributed by atoms with Crippen molar-refractivity contribution in [3.8, 4) is 11.3 Å². The van der Waals surface area contributed by atoms with Crippen LogP contribution in [0.4, 0.5) is 0 Å². The molecule has 4 nitrogen and oxygen atoms in total. The summed E-state index contributed by atoms with van der Waals surface area (Å²) in [6.07, 6.45) is 4.30. The number of aryl methyl sites for hydroxylation is 2. The molecule has 174 valence electrons. The van der Waals surface area contributed by atoms with E-state index in [1.165, 1.54) is 30.4 Å². The standard InChI is InChI=1S/C28H34ClN3O/c1-18-5-7-20(8-6-18)16-32-25(21-9-10-23(29)19(2)13-21)14-24(31-32)26(30)33-28(4)17-27(3)12-11-22(28)15-27/h5-10,13-14,22,26H,11-12,15-17,30H2,1-4H3/t22-,26?,27+,28?/m1/s1. The Hall–Kier alpha value is -2.14. The third kappa shape index (κ3) is 4.37. The Kier molecular flexibility index (Phi) is 5.67. The highest BCUT2D eigenvalue weighted by molar-refractivity contribution is 6.31. The zero-order valence-electron chi connectivity index (χ0n) is 20.1. The smallest absolute Gasteiger partial charge is 0.151 e. The van der Waals surface area contributed by atoms with E-state index in [4.69, 9.17) is 27.2 Å². The second-order valence-electron chi connectivity index (χ2n) is 10.8. The van der Waals surface area contributed by atoms with Crippen LogP contribution in [0.25, 0.3) is 11.3 Å². The molecule has 0 spiro atoms. The van der Waals surface area contributed by atoms with Crippen molar-refractivity contribution in [1.29, 1.82) is 0 Å². The number of hydrogen-bond acceptors (Lipinski definition) is 3. The van der Waals surface area contributed by atoms with E-state index in [0.29, 0.717) is 17.9 Å².